The molecule has 3 aromatic rings. The number of nitrogens with one attached hydrogen (secondary N) is 2. The Labute approximate surface area is 144 Å². The highest BCUT2D eigenvalue weighted by Crippen LogP contribution is 2.22. The molecule has 25 heavy (non-hydrogen) atoms. The van der Waals surface area contributed by atoms with E-state index in [0.717, 1.165) is 16.9 Å². The Morgan fingerprint density at radius 3 is 2.92 bits per heavy atom. The molecule has 126 valence electrons. The Balaban J connectivity index is 1.67. The van der Waals surface area contributed by atoms with E-state index in [1.165, 1.54) is 0 Å². The second-order valence-electron chi connectivity index (χ2n) is 5.11. The summed E-state index contributed by atoms with van der Waals surface area (Å²) in [5.74, 6) is 0.390. The first kappa shape index (κ1) is 16.4. The van der Waals surface area contributed by atoms with Crippen LogP contribution in [-0.4, -0.2) is 33.9 Å². The average Bonchev–Trinajstić information content (AvgIpc) is 3.13. The van der Waals surface area contributed by atoms with E-state index in [9.17, 15) is 4.79 Å². The molecule has 1 amide bonds. The number of ether oxygens (including phenoxy) is 1. The summed E-state index contributed by atoms with van der Waals surface area (Å²) in [4.78, 5) is 16.0. The summed E-state index contributed by atoms with van der Waals surface area (Å²) >= 11 is 0. The summed E-state index contributed by atoms with van der Waals surface area (Å²) < 4.78 is 5.48. The predicted molar refractivity (Wildman–Crippen MR) is 94.5 cm³/mol. The largest absolute Gasteiger partial charge is 0.494 e. The number of aromatic amines is 1. The summed E-state index contributed by atoms with van der Waals surface area (Å²) in [6.45, 7) is 2.52. The molecule has 1 aromatic carbocycles. The highest BCUT2D eigenvalue weighted by molar-refractivity contribution is 5.94. The highest BCUT2D eigenvalue weighted by Gasteiger charge is 2.10. The molecule has 3 rings (SSSR count). The molecule has 0 spiro atoms. The van der Waals surface area contributed by atoms with E-state index >= 15 is 0 Å². The Morgan fingerprint density at radius 2 is 2.12 bits per heavy atom. The van der Waals surface area contributed by atoms with Crippen molar-refractivity contribution in [3.05, 3.63) is 66.1 Å². The van der Waals surface area contributed by atoms with E-state index in [1.807, 2.05) is 31.2 Å². The molecule has 0 bridgehead atoms. The zero-order valence-electron chi connectivity index (χ0n) is 13.6. The van der Waals surface area contributed by atoms with Crippen molar-refractivity contribution in [1.82, 2.24) is 20.6 Å². The monoisotopic (exact) mass is 335 g/mol. The molecule has 0 saturated carbocycles. The minimum Gasteiger partial charge on any atom is -0.494 e. The van der Waals surface area contributed by atoms with E-state index in [1.54, 1.807) is 36.8 Å². The molecule has 0 fully saturated rings. The smallest absolute Gasteiger partial charge is 0.289 e. The van der Waals surface area contributed by atoms with Crippen molar-refractivity contribution in [2.75, 3.05) is 6.61 Å². The van der Waals surface area contributed by atoms with E-state index in [2.05, 4.69) is 25.7 Å². The van der Waals surface area contributed by atoms with Crippen molar-refractivity contribution < 1.29 is 9.53 Å². The minimum absolute atomic E-state index is 0.323. The first-order valence-corrected chi connectivity index (χ1v) is 7.78. The maximum atomic E-state index is 12.1. The molecule has 0 aliphatic carbocycles. The normalized spacial score (nSPS) is 10.8. The number of carbonyl (C=O) groups excluding carboxylic acids is 1. The molecular formula is C18H17N5O2. The van der Waals surface area contributed by atoms with Crippen LogP contribution in [0.5, 0.6) is 5.75 Å². The van der Waals surface area contributed by atoms with Crippen LogP contribution in [0, 0.1) is 0 Å². The number of aromatic nitrogens is 3. The predicted octanol–water partition coefficient (Wildman–Crippen LogP) is 2.63. The standard InChI is InChI=1S/C18H17N5O2/c1-2-25-15-5-3-4-14(10-15)16-11-17(22-21-16)18(24)23-20-12-13-6-8-19-9-7-13/h3-12H,2H2,1H3,(H,21,22)(H,23,24)/b20-12-. The van der Waals surface area contributed by atoms with Gasteiger partial charge in [0.25, 0.3) is 5.91 Å². The summed E-state index contributed by atoms with van der Waals surface area (Å²) in [5.41, 5.74) is 5.14. The van der Waals surface area contributed by atoms with Crippen LogP contribution in [0.2, 0.25) is 0 Å². The Bertz CT molecular complexity index is 874. The van der Waals surface area contributed by atoms with Gasteiger partial charge in [-0.2, -0.15) is 10.2 Å². The molecule has 2 aromatic heterocycles. The van der Waals surface area contributed by atoms with Gasteiger partial charge in [0.2, 0.25) is 0 Å². The fourth-order valence-corrected chi connectivity index (χ4v) is 2.17. The Kier molecular flexibility index (Phi) is 5.16. The summed E-state index contributed by atoms with van der Waals surface area (Å²) in [6, 6.07) is 12.8. The third kappa shape index (κ3) is 4.29. The van der Waals surface area contributed by atoms with Crippen molar-refractivity contribution in [2.24, 2.45) is 5.10 Å². The van der Waals surface area contributed by atoms with Gasteiger partial charge in [0, 0.05) is 18.0 Å². The summed E-state index contributed by atoms with van der Waals surface area (Å²) in [5, 5.41) is 10.8. The number of pyridine rings is 1. The van der Waals surface area contributed by atoms with Gasteiger partial charge in [-0.1, -0.05) is 12.1 Å². The zero-order chi connectivity index (χ0) is 17.5. The summed E-state index contributed by atoms with van der Waals surface area (Å²) in [7, 11) is 0. The molecule has 0 saturated heterocycles. The van der Waals surface area contributed by atoms with Crippen LogP contribution < -0.4 is 10.2 Å². The van der Waals surface area contributed by atoms with Crippen molar-refractivity contribution in [1.29, 1.82) is 0 Å². The number of H-pyrrole nitrogens is 1. The fraction of sp³-hybridized carbons (Fsp3) is 0.111. The van der Waals surface area contributed by atoms with Crippen LogP contribution >= 0.6 is 0 Å². The number of carbonyl (C=O) groups is 1. The first-order chi connectivity index (χ1) is 12.3. The topological polar surface area (TPSA) is 92.3 Å². The number of hydrogen-bond donors (Lipinski definition) is 2. The van der Waals surface area contributed by atoms with Crippen molar-refractivity contribution in [3.63, 3.8) is 0 Å². The molecule has 2 heterocycles. The second kappa shape index (κ2) is 7.87. The number of hydrazone groups is 1. The lowest BCUT2D eigenvalue weighted by atomic mass is 10.1. The van der Waals surface area contributed by atoms with Gasteiger partial charge >= 0.3 is 0 Å². The first-order valence-electron chi connectivity index (χ1n) is 7.78. The van der Waals surface area contributed by atoms with E-state index in [4.69, 9.17) is 4.74 Å². The third-order valence-electron chi connectivity index (χ3n) is 3.35. The highest BCUT2D eigenvalue weighted by atomic mass is 16.5. The molecule has 7 nitrogen and oxygen atoms in total. The maximum absolute atomic E-state index is 12.1. The molecule has 0 unspecified atom stereocenters. The van der Waals surface area contributed by atoms with Gasteiger partial charge in [-0.25, -0.2) is 5.43 Å². The number of rotatable bonds is 6. The van der Waals surface area contributed by atoms with E-state index in [0.29, 0.717) is 18.0 Å². The van der Waals surface area contributed by atoms with Gasteiger partial charge in [-0.3, -0.25) is 14.9 Å². The lowest BCUT2D eigenvalue weighted by molar-refractivity contribution is 0.0950. The van der Waals surface area contributed by atoms with Gasteiger partial charge in [0.15, 0.2) is 0 Å². The number of amides is 1. The minimum atomic E-state index is -0.370. The van der Waals surface area contributed by atoms with Crippen LogP contribution in [0.15, 0.2) is 60.0 Å². The molecule has 2 N–H and O–H groups in total. The molecular weight excluding hydrogens is 318 g/mol. The molecule has 7 heteroatoms. The quantitative estimate of drug-likeness (QED) is 0.535. The number of benzene rings is 1. The Morgan fingerprint density at radius 1 is 1.28 bits per heavy atom. The SMILES string of the molecule is CCOc1cccc(-c2cc(C(=O)N/N=C\c3ccncc3)[nH]n2)c1. The van der Waals surface area contributed by atoms with Crippen LogP contribution in [0.1, 0.15) is 23.0 Å². The van der Waals surface area contributed by atoms with Crippen molar-refractivity contribution in [3.8, 4) is 17.0 Å². The van der Waals surface area contributed by atoms with Crippen LogP contribution in [-0.2, 0) is 0 Å². The van der Waals surface area contributed by atoms with E-state index < -0.39 is 0 Å². The van der Waals surface area contributed by atoms with E-state index in [-0.39, 0.29) is 5.91 Å². The second-order valence-corrected chi connectivity index (χ2v) is 5.11. The average molecular weight is 335 g/mol. The molecule has 0 aliphatic heterocycles. The zero-order valence-corrected chi connectivity index (χ0v) is 13.6. The lowest BCUT2D eigenvalue weighted by Crippen LogP contribution is -2.17. The van der Waals surface area contributed by atoms with Crippen LogP contribution in [0.4, 0.5) is 0 Å². The number of hydrogen-bond acceptors (Lipinski definition) is 5. The van der Waals surface area contributed by atoms with Crippen molar-refractivity contribution >= 4 is 12.1 Å². The van der Waals surface area contributed by atoms with Gasteiger partial charge < -0.3 is 4.74 Å². The lowest BCUT2D eigenvalue weighted by Gasteiger charge is -2.03. The maximum Gasteiger partial charge on any atom is 0.289 e. The van der Waals surface area contributed by atoms with Gasteiger partial charge in [0.1, 0.15) is 11.4 Å². The van der Waals surface area contributed by atoms with Crippen LogP contribution in [0.3, 0.4) is 0 Å². The van der Waals surface area contributed by atoms with Gasteiger partial charge in [-0.15, -0.1) is 0 Å². The Hall–Kier alpha value is -3.48. The molecule has 0 atom stereocenters. The van der Waals surface area contributed by atoms with Crippen molar-refractivity contribution in [2.45, 2.75) is 6.92 Å². The molecule has 0 radical (unpaired) electrons. The molecule has 0 aliphatic rings. The van der Waals surface area contributed by atoms with Gasteiger partial charge in [-0.05, 0) is 42.8 Å². The fourth-order valence-electron chi connectivity index (χ4n) is 2.17. The van der Waals surface area contributed by atoms with Crippen LogP contribution in [0.25, 0.3) is 11.3 Å². The number of nitrogens with zero attached hydrogens (tertiary/aromatic N) is 3. The summed E-state index contributed by atoms with van der Waals surface area (Å²) in [6.07, 6.45) is 4.85. The third-order valence-corrected chi connectivity index (χ3v) is 3.35. The van der Waals surface area contributed by atoms with Gasteiger partial charge in [0.05, 0.1) is 18.5 Å².